The summed E-state index contributed by atoms with van der Waals surface area (Å²) in [4.78, 5) is 0. The van der Waals surface area contributed by atoms with Gasteiger partial charge >= 0.3 is 0 Å². The van der Waals surface area contributed by atoms with Gasteiger partial charge in [-0.2, -0.15) is 0 Å². The van der Waals surface area contributed by atoms with Crippen LogP contribution in [0.4, 0.5) is 0 Å². The molecule has 0 saturated heterocycles. The van der Waals surface area contributed by atoms with Crippen LogP contribution in [0.3, 0.4) is 0 Å². The molecule has 1 unspecified atom stereocenters. The Morgan fingerprint density at radius 1 is 1.11 bits per heavy atom. The van der Waals surface area contributed by atoms with Gasteiger partial charge in [-0.25, -0.2) is 0 Å². The molecule has 0 aliphatic heterocycles. The van der Waals surface area contributed by atoms with Crippen LogP contribution in [0, 0.1) is 5.92 Å². The second-order valence-electron chi connectivity index (χ2n) is 6.26. The predicted octanol–water partition coefficient (Wildman–Crippen LogP) is 4.14. The lowest BCUT2D eigenvalue weighted by Gasteiger charge is -2.43. The van der Waals surface area contributed by atoms with Crippen molar-refractivity contribution in [3.63, 3.8) is 0 Å². The van der Waals surface area contributed by atoms with Crippen molar-refractivity contribution in [2.24, 2.45) is 5.92 Å². The van der Waals surface area contributed by atoms with Gasteiger partial charge in [0.1, 0.15) is 0 Å². The molecular weight excluding hydrogens is 222 g/mol. The van der Waals surface area contributed by atoms with E-state index in [9.17, 15) is 0 Å². The van der Waals surface area contributed by atoms with Gasteiger partial charge in [-0.05, 0) is 31.7 Å². The third-order valence-corrected chi connectivity index (χ3v) is 4.47. The second kappa shape index (κ2) is 8.16. The first-order chi connectivity index (χ1) is 8.64. The molecule has 1 fully saturated rings. The van der Waals surface area contributed by atoms with Crippen LogP contribution in [0.5, 0.6) is 0 Å². The SMILES string of the molecule is CCNC(CCCC(C)C)C1(OC)CCCCC1. The molecule has 1 atom stereocenters. The molecule has 0 spiro atoms. The Hall–Kier alpha value is -0.0800. The molecule has 2 heteroatoms. The zero-order valence-corrected chi connectivity index (χ0v) is 12.9. The molecular formula is C16H33NO. The average molecular weight is 255 g/mol. The van der Waals surface area contributed by atoms with E-state index in [4.69, 9.17) is 4.74 Å². The number of likely N-dealkylation sites (N-methyl/N-ethyl adjacent to an activating group) is 1. The lowest BCUT2D eigenvalue weighted by Crippen LogP contribution is -2.53. The molecule has 0 radical (unpaired) electrons. The highest BCUT2D eigenvalue weighted by Gasteiger charge is 2.39. The average Bonchev–Trinajstić information content (AvgIpc) is 2.38. The summed E-state index contributed by atoms with van der Waals surface area (Å²) in [5, 5.41) is 3.69. The fourth-order valence-corrected chi connectivity index (χ4v) is 3.37. The Morgan fingerprint density at radius 2 is 1.78 bits per heavy atom. The van der Waals surface area contributed by atoms with E-state index in [0.717, 1.165) is 12.5 Å². The molecule has 18 heavy (non-hydrogen) atoms. The molecule has 1 saturated carbocycles. The van der Waals surface area contributed by atoms with Crippen molar-refractivity contribution in [2.75, 3.05) is 13.7 Å². The molecule has 0 heterocycles. The van der Waals surface area contributed by atoms with Gasteiger partial charge in [0.05, 0.1) is 5.60 Å². The Bertz CT molecular complexity index is 209. The molecule has 2 nitrogen and oxygen atoms in total. The maximum absolute atomic E-state index is 5.99. The molecule has 0 bridgehead atoms. The van der Waals surface area contributed by atoms with Crippen LogP contribution in [0.15, 0.2) is 0 Å². The van der Waals surface area contributed by atoms with Gasteiger partial charge in [0.15, 0.2) is 0 Å². The highest BCUT2D eigenvalue weighted by Crippen LogP contribution is 2.36. The molecule has 1 aliphatic rings. The quantitative estimate of drug-likeness (QED) is 0.704. The molecule has 1 rings (SSSR count). The third kappa shape index (κ3) is 4.55. The van der Waals surface area contributed by atoms with E-state index in [-0.39, 0.29) is 5.60 Å². The van der Waals surface area contributed by atoms with Crippen molar-refractivity contribution in [1.29, 1.82) is 0 Å². The highest BCUT2D eigenvalue weighted by molar-refractivity contribution is 4.95. The first kappa shape index (κ1) is 16.0. The van der Waals surface area contributed by atoms with E-state index in [2.05, 4.69) is 26.1 Å². The maximum Gasteiger partial charge on any atom is 0.0830 e. The van der Waals surface area contributed by atoms with E-state index >= 15 is 0 Å². The summed E-state index contributed by atoms with van der Waals surface area (Å²) < 4.78 is 5.99. The van der Waals surface area contributed by atoms with Gasteiger partial charge in [-0.1, -0.05) is 52.9 Å². The van der Waals surface area contributed by atoms with Gasteiger partial charge in [0.25, 0.3) is 0 Å². The minimum absolute atomic E-state index is 0.116. The number of rotatable bonds is 8. The lowest BCUT2D eigenvalue weighted by atomic mass is 9.77. The Balaban J connectivity index is 2.56. The van der Waals surface area contributed by atoms with Crippen molar-refractivity contribution in [3.05, 3.63) is 0 Å². The third-order valence-electron chi connectivity index (χ3n) is 4.47. The van der Waals surface area contributed by atoms with Crippen molar-refractivity contribution in [3.8, 4) is 0 Å². The number of methoxy groups -OCH3 is 1. The first-order valence-corrected chi connectivity index (χ1v) is 7.93. The van der Waals surface area contributed by atoms with Crippen molar-refractivity contribution in [2.45, 2.75) is 83.8 Å². The summed E-state index contributed by atoms with van der Waals surface area (Å²) in [5.41, 5.74) is 0.116. The molecule has 108 valence electrons. The number of hydrogen-bond acceptors (Lipinski definition) is 2. The fourth-order valence-electron chi connectivity index (χ4n) is 3.37. The Kier molecular flexibility index (Phi) is 7.25. The van der Waals surface area contributed by atoms with Crippen LogP contribution in [0.2, 0.25) is 0 Å². The molecule has 1 N–H and O–H groups in total. The molecule has 0 amide bonds. The monoisotopic (exact) mass is 255 g/mol. The number of ether oxygens (including phenoxy) is 1. The summed E-state index contributed by atoms with van der Waals surface area (Å²) in [6.07, 6.45) is 10.4. The smallest absolute Gasteiger partial charge is 0.0830 e. The number of nitrogens with one attached hydrogen (secondary N) is 1. The fraction of sp³-hybridized carbons (Fsp3) is 1.00. The van der Waals surface area contributed by atoms with Gasteiger partial charge in [-0.15, -0.1) is 0 Å². The zero-order valence-electron chi connectivity index (χ0n) is 12.9. The van der Waals surface area contributed by atoms with Gasteiger partial charge in [-0.3, -0.25) is 0 Å². The normalized spacial score (nSPS) is 21.2. The molecule has 0 aromatic heterocycles. The molecule has 0 aromatic carbocycles. The van der Waals surface area contributed by atoms with Crippen LogP contribution >= 0.6 is 0 Å². The summed E-state index contributed by atoms with van der Waals surface area (Å²) in [7, 11) is 1.91. The Morgan fingerprint density at radius 3 is 2.28 bits per heavy atom. The number of hydrogen-bond donors (Lipinski definition) is 1. The topological polar surface area (TPSA) is 21.3 Å². The van der Waals surface area contributed by atoms with Gasteiger partial charge in [0, 0.05) is 13.2 Å². The summed E-state index contributed by atoms with van der Waals surface area (Å²) in [5.74, 6) is 0.817. The highest BCUT2D eigenvalue weighted by atomic mass is 16.5. The minimum Gasteiger partial charge on any atom is -0.377 e. The zero-order chi connectivity index (χ0) is 13.4. The summed E-state index contributed by atoms with van der Waals surface area (Å²) in [6.45, 7) is 7.89. The van der Waals surface area contributed by atoms with Crippen LogP contribution < -0.4 is 5.32 Å². The van der Waals surface area contributed by atoms with Crippen LogP contribution in [0.1, 0.15) is 72.1 Å². The predicted molar refractivity (Wildman–Crippen MR) is 79.0 cm³/mol. The van der Waals surface area contributed by atoms with Crippen LogP contribution in [0.25, 0.3) is 0 Å². The van der Waals surface area contributed by atoms with E-state index in [1.54, 1.807) is 0 Å². The van der Waals surface area contributed by atoms with Crippen LogP contribution in [-0.2, 0) is 4.74 Å². The molecule has 0 aromatic rings. The first-order valence-electron chi connectivity index (χ1n) is 7.93. The summed E-state index contributed by atoms with van der Waals surface area (Å²) >= 11 is 0. The van der Waals surface area contributed by atoms with E-state index < -0.39 is 0 Å². The van der Waals surface area contributed by atoms with Crippen molar-refractivity contribution >= 4 is 0 Å². The molecule has 1 aliphatic carbocycles. The van der Waals surface area contributed by atoms with Crippen molar-refractivity contribution in [1.82, 2.24) is 5.32 Å². The maximum atomic E-state index is 5.99. The van der Waals surface area contributed by atoms with Gasteiger partial charge < -0.3 is 10.1 Å². The standard InChI is InChI=1S/C16H33NO/c1-5-17-15(11-9-10-14(2)3)16(18-4)12-7-6-8-13-16/h14-15,17H,5-13H2,1-4H3. The minimum atomic E-state index is 0.116. The van der Waals surface area contributed by atoms with Crippen molar-refractivity contribution < 1.29 is 4.74 Å². The van der Waals surface area contributed by atoms with E-state index in [1.165, 1.54) is 51.4 Å². The Labute approximate surface area is 114 Å². The second-order valence-corrected chi connectivity index (χ2v) is 6.26. The summed E-state index contributed by atoms with van der Waals surface area (Å²) in [6, 6.07) is 0.548. The van der Waals surface area contributed by atoms with Gasteiger partial charge in [0.2, 0.25) is 0 Å². The van der Waals surface area contributed by atoms with Crippen LogP contribution in [-0.4, -0.2) is 25.3 Å². The van der Waals surface area contributed by atoms with E-state index in [1.807, 2.05) is 7.11 Å². The largest absolute Gasteiger partial charge is 0.377 e. The van der Waals surface area contributed by atoms with E-state index in [0.29, 0.717) is 6.04 Å². The lowest BCUT2D eigenvalue weighted by molar-refractivity contribution is -0.0695.